The van der Waals surface area contributed by atoms with Crippen molar-refractivity contribution in [2.75, 3.05) is 24.7 Å². The number of carbonyl (C=O) groups is 1. The van der Waals surface area contributed by atoms with Crippen LogP contribution in [0.5, 0.6) is 0 Å². The number of rotatable bonds is 10. The normalized spacial score (nSPS) is 13.1. The molecule has 0 saturated carbocycles. The molecule has 2 aromatic carbocycles. The molecule has 1 saturated heterocycles. The van der Waals surface area contributed by atoms with Crippen molar-refractivity contribution in [2.24, 2.45) is 5.92 Å². The minimum Gasteiger partial charge on any atom is -0.375 e. The number of ether oxygens (including phenoxy) is 1. The van der Waals surface area contributed by atoms with E-state index >= 15 is 0 Å². The van der Waals surface area contributed by atoms with Gasteiger partial charge in [0.1, 0.15) is 6.17 Å². The molecule has 6 nitrogen and oxygen atoms in total. The standard InChI is InChI=1S/C26H35N3O.C3H5FO.C2H5N.2C2H6/c1-5-8-22(27)12-19-9-7-10-23(13-19)29-17-25-21(6-2)11-20(14-24(25)26(29)30)16-28-15-18(3)4;4-3-1-5-2-3;1-2-3;2*1-2/h7,9-11,13-14,18,27-28H,5-6,8,12,15-17H2,1-4H3;3H,1-2H2;2-3H,1H3;2*1-2H3. The van der Waals surface area contributed by atoms with E-state index in [1.807, 2.05) is 44.7 Å². The van der Waals surface area contributed by atoms with Gasteiger partial charge in [-0.15, -0.1) is 0 Å². The third-order valence-electron chi connectivity index (χ3n) is 6.25. The Morgan fingerprint density at radius 1 is 1.12 bits per heavy atom. The van der Waals surface area contributed by atoms with Crippen LogP contribution in [0.2, 0.25) is 0 Å². The summed E-state index contributed by atoms with van der Waals surface area (Å²) in [5.74, 6) is 0.694. The number of alkyl halides is 1. The largest absolute Gasteiger partial charge is 0.375 e. The zero-order chi connectivity index (χ0) is 32.1. The van der Waals surface area contributed by atoms with Crippen LogP contribution in [0.25, 0.3) is 0 Å². The third-order valence-corrected chi connectivity index (χ3v) is 6.25. The van der Waals surface area contributed by atoms with Crippen LogP contribution in [0, 0.1) is 16.7 Å². The number of amides is 1. The van der Waals surface area contributed by atoms with Crippen LogP contribution in [-0.2, 0) is 30.7 Å². The summed E-state index contributed by atoms with van der Waals surface area (Å²) >= 11 is 0. The Kier molecular flexibility index (Phi) is 21.1. The van der Waals surface area contributed by atoms with Crippen LogP contribution in [0.15, 0.2) is 36.4 Å². The van der Waals surface area contributed by atoms with Crippen LogP contribution >= 0.6 is 0 Å². The minimum atomic E-state index is -0.657. The fraction of sp³-hybridized carbons (Fsp3) is 0.571. The molecule has 7 heteroatoms. The van der Waals surface area contributed by atoms with Crippen LogP contribution in [0.1, 0.15) is 108 Å². The van der Waals surface area contributed by atoms with Gasteiger partial charge in [-0.3, -0.25) is 4.79 Å². The quantitative estimate of drug-likeness (QED) is 0.244. The summed E-state index contributed by atoms with van der Waals surface area (Å²) in [5.41, 5.74) is 7.24. The maximum absolute atomic E-state index is 13.3. The molecule has 2 aliphatic rings. The molecule has 0 radical (unpaired) electrons. The summed E-state index contributed by atoms with van der Waals surface area (Å²) in [4.78, 5) is 15.2. The van der Waals surface area contributed by atoms with Gasteiger partial charge >= 0.3 is 0 Å². The Labute approximate surface area is 255 Å². The van der Waals surface area contributed by atoms with Gasteiger partial charge in [0, 0.05) is 29.9 Å². The zero-order valence-corrected chi connectivity index (χ0v) is 27.7. The van der Waals surface area contributed by atoms with E-state index in [9.17, 15) is 9.18 Å². The molecule has 2 aliphatic heterocycles. The molecule has 2 aromatic rings. The Morgan fingerprint density at radius 3 is 2.24 bits per heavy atom. The molecule has 1 amide bonds. The molecule has 0 atom stereocenters. The van der Waals surface area contributed by atoms with E-state index in [1.165, 1.54) is 22.9 Å². The second-order valence-electron chi connectivity index (χ2n) is 10.2. The lowest BCUT2D eigenvalue weighted by Gasteiger charge is -2.17. The SMILES string of the molecule is CC.CC.CC=N.CCCC(=N)Cc1cccc(N2Cc3c(CC)cc(CNCC(C)C)cc3C2=O)c1.FC1COC1. The number of nitrogens with one attached hydrogen (secondary N) is 3. The average molecular weight is 585 g/mol. The van der Waals surface area contributed by atoms with Crippen molar-refractivity contribution in [3.05, 3.63) is 64.2 Å². The molecule has 4 rings (SSSR count). The molecule has 236 valence electrons. The molecule has 2 heterocycles. The Balaban J connectivity index is 0.00000119. The van der Waals surface area contributed by atoms with Crippen LogP contribution in [-0.4, -0.2) is 43.8 Å². The lowest BCUT2D eigenvalue weighted by Crippen LogP contribution is -2.28. The molecule has 3 N–H and O–H groups in total. The first-order valence-corrected chi connectivity index (χ1v) is 15.7. The zero-order valence-electron chi connectivity index (χ0n) is 27.7. The van der Waals surface area contributed by atoms with E-state index in [0.29, 0.717) is 32.1 Å². The fourth-order valence-corrected chi connectivity index (χ4v) is 4.36. The highest BCUT2D eigenvalue weighted by Gasteiger charge is 2.30. The van der Waals surface area contributed by atoms with Crippen LogP contribution < -0.4 is 10.2 Å². The highest BCUT2D eigenvalue weighted by atomic mass is 19.1. The van der Waals surface area contributed by atoms with E-state index < -0.39 is 6.17 Å². The summed E-state index contributed by atoms with van der Waals surface area (Å²) in [6.45, 7) is 21.4. The highest BCUT2D eigenvalue weighted by molar-refractivity contribution is 6.10. The van der Waals surface area contributed by atoms with E-state index in [2.05, 4.69) is 62.0 Å². The first kappa shape index (κ1) is 39.1. The smallest absolute Gasteiger partial charge is 0.258 e. The third kappa shape index (κ3) is 13.4. The molecule has 1 fully saturated rings. The van der Waals surface area contributed by atoms with Gasteiger partial charge in [0.2, 0.25) is 0 Å². The summed E-state index contributed by atoms with van der Waals surface area (Å²) < 4.78 is 15.9. The first-order chi connectivity index (χ1) is 20.2. The number of halogens is 1. The predicted molar refractivity (Wildman–Crippen MR) is 179 cm³/mol. The second kappa shape index (κ2) is 22.7. The van der Waals surface area contributed by atoms with E-state index in [1.54, 1.807) is 6.92 Å². The number of carbonyl (C=O) groups excluding carboxylic acids is 1. The van der Waals surface area contributed by atoms with Gasteiger partial charge < -0.3 is 25.8 Å². The average Bonchev–Trinajstić information content (AvgIpc) is 3.30. The van der Waals surface area contributed by atoms with Crippen molar-refractivity contribution in [3.8, 4) is 0 Å². The van der Waals surface area contributed by atoms with Crippen molar-refractivity contribution in [3.63, 3.8) is 0 Å². The molecule has 0 spiro atoms. The molecular weight excluding hydrogens is 527 g/mol. The Hall–Kier alpha value is -2.90. The molecule has 42 heavy (non-hydrogen) atoms. The molecule has 0 aliphatic carbocycles. The topological polar surface area (TPSA) is 89.3 Å². The number of hydrogen-bond donors (Lipinski definition) is 3. The maximum atomic E-state index is 13.3. The van der Waals surface area contributed by atoms with Crippen molar-refractivity contribution in [2.45, 2.75) is 107 Å². The van der Waals surface area contributed by atoms with Gasteiger partial charge in [-0.25, -0.2) is 4.39 Å². The minimum absolute atomic E-state index is 0.0891. The van der Waals surface area contributed by atoms with E-state index in [4.69, 9.17) is 10.8 Å². The van der Waals surface area contributed by atoms with Crippen LogP contribution in [0.3, 0.4) is 0 Å². The van der Waals surface area contributed by atoms with Gasteiger partial charge in [-0.1, -0.05) is 80.0 Å². The Morgan fingerprint density at radius 2 is 1.74 bits per heavy atom. The van der Waals surface area contributed by atoms with Gasteiger partial charge in [0.15, 0.2) is 0 Å². The summed E-state index contributed by atoms with van der Waals surface area (Å²) in [5, 5.41) is 17.7. The van der Waals surface area contributed by atoms with Crippen LogP contribution in [0.4, 0.5) is 10.1 Å². The lowest BCUT2D eigenvalue weighted by molar-refractivity contribution is -0.0497. The monoisotopic (exact) mass is 584 g/mol. The number of anilines is 1. The number of nitrogens with zero attached hydrogens (tertiary/aromatic N) is 1. The number of hydrogen-bond acceptors (Lipinski definition) is 5. The number of aryl methyl sites for hydroxylation is 1. The van der Waals surface area contributed by atoms with Gasteiger partial charge in [-0.2, -0.15) is 0 Å². The summed E-state index contributed by atoms with van der Waals surface area (Å²) in [7, 11) is 0. The first-order valence-electron chi connectivity index (χ1n) is 15.7. The summed E-state index contributed by atoms with van der Waals surface area (Å²) in [6.07, 6.45) is 3.99. The lowest BCUT2D eigenvalue weighted by atomic mass is 9.97. The highest BCUT2D eigenvalue weighted by Crippen LogP contribution is 2.32. The Bertz CT molecular complexity index is 1070. The number of benzene rings is 2. The van der Waals surface area contributed by atoms with E-state index in [0.717, 1.165) is 54.9 Å². The van der Waals surface area contributed by atoms with Crippen molar-refractivity contribution < 1.29 is 13.9 Å². The van der Waals surface area contributed by atoms with E-state index in [-0.39, 0.29) is 5.91 Å². The second-order valence-corrected chi connectivity index (χ2v) is 10.2. The van der Waals surface area contributed by atoms with Crippen molar-refractivity contribution >= 4 is 23.5 Å². The molecule has 0 aromatic heterocycles. The number of fused-ring (bicyclic) bond motifs is 1. The molecule has 0 unspecified atom stereocenters. The van der Waals surface area contributed by atoms with Gasteiger partial charge in [0.25, 0.3) is 5.91 Å². The fourth-order valence-electron chi connectivity index (χ4n) is 4.36. The van der Waals surface area contributed by atoms with Crippen molar-refractivity contribution in [1.82, 2.24) is 5.32 Å². The van der Waals surface area contributed by atoms with Gasteiger partial charge in [0.05, 0.1) is 19.8 Å². The summed E-state index contributed by atoms with van der Waals surface area (Å²) in [6, 6.07) is 12.5. The van der Waals surface area contributed by atoms with Crippen molar-refractivity contribution in [1.29, 1.82) is 10.8 Å². The molecular formula is C35H57FN4O2. The maximum Gasteiger partial charge on any atom is 0.258 e. The predicted octanol–water partition coefficient (Wildman–Crippen LogP) is 8.58. The van der Waals surface area contributed by atoms with Gasteiger partial charge in [-0.05, 0) is 78.9 Å². The molecule has 0 bridgehead atoms.